The number of carbonyl (C=O) groups is 3. The van der Waals surface area contributed by atoms with Crippen molar-refractivity contribution in [1.82, 2.24) is 20.2 Å². The zero-order valence-corrected chi connectivity index (χ0v) is 19.6. The van der Waals surface area contributed by atoms with Gasteiger partial charge >= 0.3 is 6.09 Å². The third-order valence-corrected chi connectivity index (χ3v) is 7.70. The molecule has 2 saturated heterocycles. The van der Waals surface area contributed by atoms with Gasteiger partial charge in [-0.3, -0.25) is 19.7 Å². The molecular weight excluding hydrogens is 436 g/mol. The summed E-state index contributed by atoms with van der Waals surface area (Å²) in [5, 5.41) is 18.8. The van der Waals surface area contributed by atoms with E-state index in [0.29, 0.717) is 39.1 Å². The lowest BCUT2D eigenvalue weighted by Gasteiger charge is -2.46. The fourth-order valence-electron chi connectivity index (χ4n) is 5.90. The van der Waals surface area contributed by atoms with E-state index in [1.807, 2.05) is 30.1 Å². The molecule has 9 nitrogen and oxygen atoms in total. The molecule has 2 fully saturated rings. The van der Waals surface area contributed by atoms with Crippen LogP contribution < -0.4 is 5.48 Å². The van der Waals surface area contributed by atoms with Gasteiger partial charge in [-0.1, -0.05) is 36.4 Å². The molecule has 9 heteroatoms. The number of amides is 3. The minimum Gasteiger partial charge on any atom is -0.465 e. The lowest BCUT2D eigenvalue weighted by Crippen LogP contribution is -2.60. The molecule has 1 aromatic rings. The topological polar surface area (TPSA) is 113 Å². The van der Waals surface area contributed by atoms with Gasteiger partial charge in [0.15, 0.2) is 0 Å². The van der Waals surface area contributed by atoms with Crippen molar-refractivity contribution in [3.05, 3.63) is 42.0 Å². The van der Waals surface area contributed by atoms with E-state index in [4.69, 9.17) is 0 Å². The molecule has 184 valence electrons. The normalized spacial score (nSPS) is 28.2. The van der Waals surface area contributed by atoms with Crippen LogP contribution in [0.1, 0.15) is 31.2 Å². The van der Waals surface area contributed by atoms with Gasteiger partial charge in [0.1, 0.15) is 6.04 Å². The number of nitrogens with zero attached hydrogens (tertiary/aromatic N) is 3. The van der Waals surface area contributed by atoms with Gasteiger partial charge in [-0.15, -0.1) is 0 Å². The third-order valence-electron chi connectivity index (χ3n) is 7.70. The largest absolute Gasteiger partial charge is 0.465 e. The Hall–Kier alpha value is -2.91. The Bertz CT molecular complexity index is 936. The second-order valence-electron chi connectivity index (χ2n) is 9.72. The van der Waals surface area contributed by atoms with E-state index in [9.17, 15) is 24.7 Å². The molecule has 0 saturated carbocycles. The summed E-state index contributed by atoms with van der Waals surface area (Å²) in [7, 11) is 1.85. The Morgan fingerprint density at radius 1 is 1.03 bits per heavy atom. The SMILES string of the molecule is CN1CC([C@@H]2CCCN(C(=O)O)C2)C[C@H](C(=O)NO)[C@H]1C(=O)N1CC=C(c2ccccc2)CC1. The smallest absolute Gasteiger partial charge is 0.407 e. The van der Waals surface area contributed by atoms with Crippen molar-refractivity contribution < 1.29 is 24.7 Å². The number of benzene rings is 1. The number of hydroxylamine groups is 1. The van der Waals surface area contributed by atoms with Crippen molar-refractivity contribution in [3.8, 4) is 0 Å². The lowest BCUT2D eigenvalue weighted by molar-refractivity contribution is -0.150. The Morgan fingerprint density at radius 2 is 1.79 bits per heavy atom. The highest BCUT2D eigenvalue weighted by atomic mass is 16.5. The van der Waals surface area contributed by atoms with E-state index in [1.54, 1.807) is 10.4 Å². The number of carboxylic acid groups (broad SMARTS) is 1. The summed E-state index contributed by atoms with van der Waals surface area (Å²) in [5.41, 5.74) is 4.14. The third kappa shape index (κ3) is 5.10. The van der Waals surface area contributed by atoms with Crippen LogP contribution in [0.3, 0.4) is 0 Å². The van der Waals surface area contributed by atoms with Gasteiger partial charge in [-0.05, 0) is 55.7 Å². The van der Waals surface area contributed by atoms with E-state index in [2.05, 4.69) is 18.2 Å². The molecule has 0 radical (unpaired) electrons. The van der Waals surface area contributed by atoms with Crippen LogP contribution in [0.4, 0.5) is 4.79 Å². The van der Waals surface area contributed by atoms with Crippen molar-refractivity contribution in [3.63, 3.8) is 0 Å². The molecular formula is C25H34N4O5. The summed E-state index contributed by atoms with van der Waals surface area (Å²) >= 11 is 0. The number of nitrogens with one attached hydrogen (secondary N) is 1. The highest BCUT2D eigenvalue weighted by molar-refractivity contribution is 5.90. The van der Waals surface area contributed by atoms with Crippen molar-refractivity contribution in [2.24, 2.45) is 17.8 Å². The first-order valence-electron chi connectivity index (χ1n) is 12.0. The average Bonchev–Trinajstić information content (AvgIpc) is 2.88. The number of likely N-dealkylation sites (N-methyl/N-ethyl adjacent to an activating group) is 1. The average molecular weight is 471 g/mol. The van der Waals surface area contributed by atoms with Crippen LogP contribution in [0, 0.1) is 17.8 Å². The zero-order valence-electron chi connectivity index (χ0n) is 19.6. The highest BCUT2D eigenvalue weighted by Gasteiger charge is 2.46. The van der Waals surface area contributed by atoms with Crippen LogP contribution >= 0.6 is 0 Å². The van der Waals surface area contributed by atoms with Crippen LogP contribution in [0.5, 0.6) is 0 Å². The number of carbonyl (C=O) groups excluding carboxylic acids is 2. The van der Waals surface area contributed by atoms with Gasteiger partial charge in [0.2, 0.25) is 11.8 Å². The van der Waals surface area contributed by atoms with Gasteiger partial charge in [0, 0.05) is 32.7 Å². The monoisotopic (exact) mass is 470 g/mol. The van der Waals surface area contributed by atoms with Crippen molar-refractivity contribution >= 4 is 23.5 Å². The summed E-state index contributed by atoms with van der Waals surface area (Å²) < 4.78 is 0. The quantitative estimate of drug-likeness (QED) is 0.459. The van der Waals surface area contributed by atoms with Crippen LogP contribution in [-0.4, -0.2) is 88.7 Å². The van der Waals surface area contributed by atoms with E-state index in [1.165, 1.54) is 10.5 Å². The molecule has 0 aliphatic carbocycles. The van der Waals surface area contributed by atoms with Crippen molar-refractivity contribution in [1.29, 1.82) is 0 Å². The number of likely N-dealkylation sites (tertiary alicyclic amines) is 2. The number of hydrogen-bond donors (Lipinski definition) is 3. The Labute approximate surface area is 200 Å². The van der Waals surface area contributed by atoms with Crippen LogP contribution in [0.15, 0.2) is 36.4 Å². The fourth-order valence-corrected chi connectivity index (χ4v) is 5.90. The molecule has 1 aromatic carbocycles. The molecule has 3 aliphatic heterocycles. The predicted octanol–water partition coefficient (Wildman–Crippen LogP) is 2.13. The first-order valence-corrected chi connectivity index (χ1v) is 12.0. The molecule has 3 N–H and O–H groups in total. The van der Waals surface area contributed by atoms with Crippen LogP contribution in [0.2, 0.25) is 0 Å². The summed E-state index contributed by atoms with van der Waals surface area (Å²) in [6.07, 6.45) is 4.04. The highest BCUT2D eigenvalue weighted by Crippen LogP contribution is 2.36. The molecule has 3 amide bonds. The predicted molar refractivity (Wildman–Crippen MR) is 126 cm³/mol. The maximum Gasteiger partial charge on any atom is 0.407 e. The van der Waals surface area contributed by atoms with E-state index in [0.717, 1.165) is 24.8 Å². The van der Waals surface area contributed by atoms with Crippen LogP contribution in [0.25, 0.3) is 5.57 Å². The van der Waals surface area contributed by atoms with Gasteiger partial charge in [-0.2, -0.15) is 0 Å². The summed E-state index contributed by atoms with van der Waals surface area (Å²) in [5.74, 6) is -1.15. The van der Waals surface area contributed by atoms with E-state index >= 15 is 0 Å². The van der Waals surface area contributed by atoms with E-state index in [-0.39, 0.29) is 17.7 Å². The molecule has 0 bridgehead atoms. The molecule has 1 unspecified atom stereocenters. The summed E-state index contributed by atoms with van der Waals surface area (Å²) in [4.78, 5) is 42.9. The second kappa shape index (κ2) is 10.6. The maximum absolute atomic E-state index is 13.6. The molecule has 0 spiro atoms. The van der Waals surface area contributed by atoms with Gasteiger partial charge < -0.3 is 14.9 Å². The maximum atomic E-state index is 13.6. The first kappa shape index (κ1) is 24.2. The Balaban J connectivity index is 1.47. The molecule has 4 rings (SSSR count). The summed E-state index contributed by atoms with van der Waals surface area (Å²) in [6, 6.07) is 9.46. The lowest BCUT2D eigenvalue weighted by atomic mass is 9.74. The molecule has 3 aliphatic rings. The molecule has 0 aromatic heterocycles. The zero-order chi connectivity index (χ0) is 24.2. The minimum atomic E-state index is -0.917. The number of rotatable bonds is 4. The number of hydrogen-bond acceptors (Lipinski definition) is 5. The number of piperidine rings is 2. The molecule has 3 heterocycles. The first-order chi connectivity index (χ1) is 16.4. The minimum absolute atomic E-state index is 0.0736. The van der Waals surface area contributed by atoms with Gasteiger partial charge in [0.05, 0.1) is 5.92 Å². The van der Waals surface area contributed by atoms with Crippen molar-refractivity contribution in [2.45, 2.75) is 31.7 Å². The van der Waals surface area contributed by atoms with Gasteiger partial charge in [-0.25, -0.2) is 10.3 Å². The van der Waals surface area contributed by atoms with Crippen LogP contribution in [-0.2, 0) is 9.59 Å². The fraction of sp³-hybridized carbons (Fsp3) is 0.560. The Morgan fingerprint density at radius 3 is 2.44 bits per heavy atom. The van der Waals surface area contributed by atoms with Gasteiger partial charge in [0.25, 0.3) is 0 Å². The van der Waals surface area contributed by atoms with E-state index < -0.39 is 24.0 Å². The van der Waals surface area contributed by atoms with Crippen molar-refractivity contribution in [2.75, 3.05) is 39.8 Å². The molecule has 34 heavy (non-hydrogen) atoms. The molecule has 4 atom stereocenters. The summed E-state index contributed by atoms with van der Waals surface area (Å²) in [6.45, 7) is 2.66. The standard InChI is InChI=1S/C25H34N4O5/c1-27-15-20(19-8-5-11-29(16-19)25(32)33)14-21(23(30)26-34)22(27)24(31)28-12-9-18(10-13-28)17-6-3-2-4-7-17/h2-4,6-7,9,19-22,34H,5,8,10-16H2,1H3,(H,26,30)(H,32,33)/t19-,20?,21+,22+/m1/s1. The second-order valence-corrected chi connectivity index (χ2v) is 9.72. The Kier molecular flexibility index (Phi) is 7.53.